The quantitative estimate of drug-likeness (QED) is 0.785. The van der Waals surface area contributed by atoms with Crippen molar-refractivity contribution in [2.24, 2.45) is 11.8 Å². The summed E-state index contributed by atoms with van der Waals surface area (Å²) in [5, 5.41) is 9.07. The fraction of sp³-hybridized carbons (Fsp3) is 0.423. The van der Waals surface area contributed by atoms with Gasteiger partial charge in [-0.1, -0.05) is 35.9 Å². The summed E-state index contributed by atoms with van der Waals surface area (Å²) in [4.78, 5) is 13.3. The maximum Gasteiger partial charge on any atom is 0.309 e. The number of hydrogen-bond donors (Lipinski definition) is 1. The van der Waals surface area contributed by atoms with Crippen molar-refractivity contribution in [3.8, 4) is 5.75 Å². The van der Waals surface area contributed by atoms with Crippen molar-refractivity contribution < 1.29 is 14.6 Å². The molecule has 2 aromatic carbocycles. The van der Waals surface area contributed by atoms with Crippen LogP contribution in [0.25, 0.3) is 5.57 Å². The molecular formula is C26H29NO3. The minimum atomic E-state index is -0.667. The summed E-state index contributed by atoms with van der Waals surface area (Å²) >= 11 is 0. The van der Waals surface area contributed by atoms with Crippen molar-refractivity contribution in [1.82, 2.24) is 4.90 Å². The van der Waals surface area contributed by atoms with Crippen LogP contribution in [0, 0.1) is 11.8 Å². The third-order valence-electron chi connectivity index (χ3n) is 7.05. The first-order valence-corrected chi connectivity index (χ1v) is 11.0. The molecule has 0 radical (unpaired) electrons. The molecule has 2 aliphatic carbocycles. The summed E-state index contributed by atoms with van der Waals surface area (Å²) in [6.45, 7) is 5.23. The van der Waals surface area contributed by atoms with Gasteiger partial charge in [0.05, 0.1) is 12.5 Å². The van der Waals surface area contributed by atoms with E-state index in [2.05, 4.69) is 54.3 Å². The number of rotatable bonds is 6. The summed E-state index contributed by atoms with van der Waals surface area (Å²) in [5.41, 5.74) is 8.45. The van der Waals surface area contributed by atoms with Crippen molar-refractivity contribution in [2.75, 3.05) is 26.2 Å². The van der Waals surface area contributed by atoms with Crippen molar-refractivity contribution in [1.29, 1.82) is 0 Å². The lowest BCUT2D eigenvalue weighted by Crippen LogP contribution is -2.50. The third kappa shape index (κ3) is 3.77. The van der Waals surface area contributed by atoms with E-state index in [0.717, 1.165) is 44.6 Å². The van der Waals surface area contributed by atoms with Crippen LogP contribution in [0.1, 0.15) is 35.6 Å². The Morgan fingerprint density at radius 1 is 1.07 bits per heavy atom. The van der Waals surface area contributed by atoms with Crippen LogP contribution in [0.2, 0.25) is 0 Å². The second kappa shape index (κ2) is 7.92. The standard InChI is InChI=1S/C26H29NO3/c1-17-22(13-27-14-23(15-27)26(28)29)7-6-21-12-24(8-9-25(17)21)30-16-18-10-19-4-2-3-5-20(19)11-18/h2-5,8-9,12,18,23H,6-7,10-11,13-16H2,1H3,(H,28,29). The molecule has 1 heterocycles. The van der Waals surface area contributed by atoms with E-state index < -0.39 is 5.97 Å². The second-order valence-corrected chi connectivity index (χ2v) is 9.13. The molecule has 0 atom stereocenters. The molecule has 0 amide bonds. The lowest BCUT2D eigenvalue weighted by molar-refractivity contribution is -0.147. The number of benzene rings is 2. The lowest BCUT2D eigenvalue weighted by Gasteiger charge is -2.38. The zero-order valence-corrected chi connectivity index (χ0v) is 17.6. The van der Waals surface area contributed by atoms with Crippen LogP contribution in [0.4, 0.5) is 0 Å². The molecule has 1 fully saturated rings. The molecule has 1 saturated heterocycles. The molecule has 0 aromatic heterocycles. The van der Waals surface area contributed by atoms with Gasteiger partial charge in [0, 0.05) is 25.6 Å². The summed E-state index contributed by atoms with van der Waals surface area (Å²) in [7, 11) is 0. The van der Waals surface area contributed by atoms with Gasteiger partial charge in [0.25, 0.3) is 0 Å². The van der Waals surface area contributed by atoms with Crippen LogP contribution in [-0.2, 0) is 24.1 Å². The van der Waals surface area contributed by atoms with Crippen LogP contribution in [0.15, 0.2) is 48.0 Å². The number of carboxylic acids is 1. The number of likely N-dealkylation sites (tertiary alicyclic amines) is 1. The molecule has 30 heavy (non-hydrogen) atoms. The van der Waals surface area contributed by atoms with Crippen LogP contribution >= 0.6 is 0 Å². The van der Waals surface area contributed by atoms with E-state index in [0.29, 0.717) is 19.0 Å². The van der Waals surface area contributed by atoms with E-state index >= 15 is 0 Å². The highest BCUT2D eigenvalue weighted by Gasteiger charge is 2.33. The molecule has 4 heteroatoms. The first-order chi connectivity index (χ1) is 14.6. The molecule has 0 unspecified atom stereocenters. The molecule has 1 aliphatic heterocycles. The molecule has 5 rings (SSSR count). The third-order valence-corrected chi connectivity index (χ3v) is 7.05. The molecule has 2 aromatic rings. The number of allylic oxidation sites excluding steroid dienone is 1. The molecule has 0 spiro atoms. The molecule has 0 bridgehead atoms. The molecule has 156 valence electrons. The predicted octanol–water partition coefficient (Wildman–Crippen LogP) is 4.22. The van der Waals surface area contributed by atoms with E-state index in [1.807, 2.05) is 0 Å². The van der Waals surface area contributed by atoms with Gasteiger partial charge in [0.1, 0.15) is 5.75 Å². The number of fused-ring (bicyclic) bond motifs is 2. The highest BCUT2D eigenvalue weighted by molar-refractivity contribution is 5.73. The monoisotopic (exact) mass is 403 g/mol. The summed E-state index contributed by atoms with van der Waals surface area (Å²) < 4.78 is 6.19. The Bertz CT molecular complexity index is 978. The first-order valence-electron chi connectivity index (χ1n) is 11.0. The average Bonchev–Trinajstić information content (AvgIpc) is 3.13. The number of ether oxygens (including phenoxy) is 1. The zero-order chi connectivity index (χ0) is 20.7. The summed E-state index contributed by atoms with van der Waals surface area (Å²) in [6.07, 6.45) is 4.32. The van der Waals surface area contributed by atoms with Gasteiger partial charge < -0.3 is 9.84 Å². The van der Waals surface area contributed by atoms with Crippen LogP contribution in [-0.4, -0.2) is 42.2 Å². The molecule has 4 nitrogen and oxygen atoms in total. The average molecular weight is 404 g/mol. The van der Waals surface area contributed by atoms with E-state index in [9.17, 15) is 4.79 Å². The molecular weight excluding hydrogens is 374 g/mol. The second-order valence-electron chi connectivity index (χ2n) is 9.13. The smallest absolute Gasteiger partial charge is 0.309 e. The maximum atomic E-state index is 11.0. The van der Waals surface area contributed by atoms with E-state index in [1.54, 1.807) is 0 Å². The van der Waals surface area contributed by atoms with Crippen molar-refractivity contribution in [3.63, 3.8) is 0 Å². The fourth-order valence-electron chi connectivity index (χ4n) is 5.20. The Morgan fingerprint density at radius 3 is 2.50 bits per heavy atom. The van der Waals surface area contributed by atoms with Gasteiger partial charge in [-0.2, -0.15) is 0 Å². The number of aryl methyl sites for hydroxylation is 1. The van der Waals surface area contributed by atoms with Crippen molar-refractivity contribution >= 4 is 11.5 Å². The molecule has 1 N–H and O–H groups in total. The Kier molecular flexibility index (Phi) is 5.11. The first kappa shape index (κ1) is 19.4. The number of aliphatic carboxylic acids is 1. The van der Waals surface area contributed by atoms with Gasteiger partial charge in [-0.05, 0) is 72.6 Å². The topological polar surface area (TPSA) is 49.8 Å². The van der Waals surface area contributed by atoms with E-state index in [1.165, 1.54) is 33.4 Å². The van der Waals surface area contributed by atoms with Crippen LogP contribution in [0.5, 0.6) is 5.75 Å². The zero-order valence-electron chi connectivity index (χ0n) is 17.6. The normalized spacial score (nSPS) is 19.4. The number of hydrogen-bond acceptors (Lipinski definition) is 3. The lowest BCUT2D eigenvalue weighted by atomic mass is 9.85. The minimum Gasteiger partial charge on any atom is -0.493 e. The van der Waals surface area contributed by atoms with Gasteiger partial charge in [0.15, 0.2) is 0 Å². The van der Waals surface area contributed by atoms with Crippen LogP contribution < -0.4 is 4.74 Å². The summed E-state index contributed by atoms with van der Waals surface area (Å²) in [6, 6.07) is 15.3. The van der Waals surface area contributed by atoms with Gasteiger partial charge in [0.2, 0.25) is 0 Å². The Hall–Kier alpha value is -2.59. The highest BCUT2D eigenvalue weighted by Crippen LogP contribution is 2.35. The van der Waals surface area contributed by atoms with Gasteiger partial charge in [-0.25, -0.2) is 0 Å². The van der Waals surface area contributed by atoms with Gasteiger partial charge in [-0.3, -0.25) is 9.69 Å². The SMILES string of the molecule is CC1=C(CN2CC(C(=O)O)C2)CCc2cc(OCC3Cc4ccccc4C3)ccc21. The Labute approximate surface area is 178 Å². The van der Waals surface area contributed by atoms with E-state index in [-0.39, 0.29) is 5.92 Å². The number of nitrogens with zero attached hydrogens (tertiary/aromatic N) is 1. The van der Waals surface area contributed by atoms with Crippen molar-refractivity contribution in [3.05, 3.63) is 70.3 Å². The number of carboxylic acid groups (broad SMARTS) is 1. The van der Waals surface area contributed by atoms with Crippen LogP contribution in [0.3, 0.4) is 0 Å². The Morgan fingerprint density at radius 2 is 1.80 bits per heavy atom. The van der Waals surface area contributed by atoms with Gasteiger partial charge >= 0.3 is 5.97 Å². The predicted molar refractivity (Wildman–Crippen MR) is 118 cm³/mol. The van der Waals surface area contributed by atoms with Crippen molar-refractivity contribution in [2.45, 2.75) is 32.6 Å². The van der Waals surface area contributed by atoms with Gasteiger partial charge in [-0.15, -0.1) is 0 Å². The largest absolute Gasteiger partial charge is 0.493 e. The minimum absolute atomic E-state index is 0.186. The number of carbonyl (C=O) groups is 1. The highest BCUT2D eigenvalue weighted by atomic mass is 16.5. The Balaban J connectivity index is 1.20. The molecule has 0 saturated carbocycles. The molecule has 3 aliphatic rings. The fourth-order valence-corrected chi connectivity index (χ4v) is 5.20. The summed E-state index contributed by atoms with van der Waals surface area (Å²) in [5.74, 6) is 0.694. The maximum absolute atomic E-state index is 11.0. The van der Waals surface area contributed by atoms with E-state index in [4.69, 9.17) is 9.84 Å².